The summed E-state index contributed by atoms with van der Waals surface area (Å²) in [4.78, 5) is 24.7. The molecule has 0 bridgehead atoms. The molecule has 0 radical (unpaired) electrons. The van der Waals surface area contributed by atoms with Crippen molar-refractivity contribution < 1.29 is 9.59 Å². The molecule has 25 heavy (non-hydrogen) atoms. The first-order valence-electron chi connectivity index (χ1n) is 8.98. The minimum Gasteiger partial charge on any atom is -0.348 e. The van der Waals surface area contributed by atoms with Crippen molar-refractivity contribution in [3.63, 3.8) is 0 Å². The molecule has 1 aromatic heterocycles. The zero-order valence-corrected chi connectivity index (χ0v) is 14.1. The summed E-state index contributed by atoms with van der Waals surface area (Å²) in [7, 11) is 0. The van der Waals surface area contributed by atoms with Gasteiger partial charge in [0.1, 0.15) is 5.82 Å². The fraction of sp³-hybridized carbons (Fsp3) is 0.421. The lowest BCUT2D eigenvalue weighted by molar-refractivity contribution is -0.117. The van der Waals surface area contributed by atoms with E-state index in [0.717, 1.165) is 44.2 Å². The molecule has 1 heterocycles. The van der Waals surface area contributed by atoms with Gasteiger partial charge in [-0.3, -0.25) is 9.59 Å². The van der Waals surface area contributed by atoms with Gasteiger partial charge in [0.2, 0.25) is 5.91 Å². The zero-order valence-electron chi connectivity index (χ0n) is 14.1. The van der Waals surface area contributed by atoms with Crippen LogP contribution < -0.4 is 10.6 Å². The molecule has 0 saturated heterocycles. The maximum Gasteiger partial charge on any atom is 0.272 e. The second kappa shape index (κ2) is 6.70. The third kappa shape index (κ3) is 3.57. The van der Waals surface area contributed by atoms with Gasteiger partial charge in [-0.25, -0.2) is 4.68 Å². The molecule has 0 atom stereocenters. The van der Waals surface area contributed by atoms with Crippen molar-refractivity contribution in [3.8, 4) is 5.69 Å². The van der Waals surface area contributed by atoms with E-state index in [-0.39, 0.29) is 23.8 Å². The Kier molecular flexibility index (Phi) is 4.26. The number of carbonyl (C=O) groups is 2. The number of hydrogen-bond donors (Lipinski definition) is 2. The first-order chi connectivity index (χ1) is 12.2. The topological polar surface area (TPSA) is 76.0 Å². The van der Waals surface area contributed by atoms with Crippen molar-refractivity contribution in [2.75, 3.05) is 5.32 Å². The number of rotatable bonds is 5. The standard InChI is InChI=1S/C19H22N4O2/c24-18(13-10-11-13)21-17-12-16(19(25)20-14-6-4-5-7-14)22-23(17)15-8-2-1-3-9-15/h1-3,8-9,12-14H,4-7,10-11H2,(H,20,25)(H,21,24). The van der Waals surface area contributed by atoms with Gasteiger partial charge in [0.15, 0.2) is 5.69 Å². The van der Waals surface area contributed by atoms with Gasteiger partial charge in [0.25, 0.3) is 5.91 Å². The Balaban J connectivity index is 1.60. The number of aromatic nitrogens is 2. The highest BCUT2D eigenvalue weighted by atomic mass is 16.2. The van der Waals surface area contributed by atoms with Crippen molar-refractivity contribution in [2.24, 2.45) is 5.92 Å². The summed E-state index contributed by atoms with van der Waals surface area (Å²) in [5, 5.41) is 10.4. The number of benzene rings is 1. The van der Waals surface area contributed by atoms with E-state index in [0.29, 0.717) is 11.5 Å². The number of nitrogens with one attached hydrogen (secondary N) is 2. The van der Waals surface area contributed by atoms with Crippen LogP contribution in [0, 0.1) is 5.92 Å². The number of hydrogen-bond acceptors (Lipinski definition) is 3. The maximum absolute atomic E-state index is 12.5. The normalized spacial score (nSPS) is 17.4. The summed E-state index contributed by atoms with van der Waals surface area (Å²) in [5.41, 5.74) is 1.15. The largest absolute Gasteiger partial charge is 0.348 e. The molecule has 6 nitrogen and oxygen atoms in total. The summed E-state index contributed by atoms with van der Waals surface area (Å²) >= 11 is 0. The number of para-hydroxylation sites is 1. The molecule has 0 unspecified atom stereocenters. The van der Waals surface area contributed by atoms with Crippen molar-refractivity contribution in [1.82, 2.24) is 15.1 Å². The highest BCUT2D eigenvalue weighted by Gasteiger charge is 2.31. The van der Waals surface area contributed by atoms with Crippen LogP contribution in [0.5, 0.6) is 0 Å². The van der Waals surface area contributed by atoms with Crippen LogP contribution in [0.3, 0.4) is 0 Å². The number of anilines is 1. The lowest BCUT2D eigenvalue weighted by Gasteiger charge is -2.10. The Bertz CT molecular complexity index is 774. The van der Waals surface area contributed by atoms with Crippen molar-refractivity contribution in [3.05, 3.63) is 42.1 Å². The first-order valence-corrected chi connectivity index (χ1v) is 8.98. The molecule has 6 heteroatoms. The van der Waals surface area contributed by atoms with E-state index in [4.69, 9.17) is 0 Å². The minimum atomic E-state index is -0.177. The van der Waals surface area contributed by atoms with Gasteiger partial charge >= 0.3 is 0 Å². The van der Waals surface area contributed by atoms with E-state index in [1.54, 1.807) is 10.7 Å². The second-order valence-electron chi connectivity index (χ2n) is 6.88. The third-order valence-electron chi connectivity index (χ3n) is 4.83. The Morgan fingerprint density at radius 3 is 2.44 bits per heavy atom. The van der Waals surface area contributed by atoms with Crippen LogP contribution in [-0.2, 0) is 4.79 Å². The van der Waals surface area contributed by atoms with Crippen molar-refractivity contribution >= 4 is 17.6 Å². The van der Waals surface area contributed by atoms with E-state index in [9.17, 15) is 9.59 Å². The lowest BCUT2D eigenvalue weighted by atomic mass is 10.2. The van der Waals surface area contributed by atoms with Gasteiger partial charge in [-0.2, -0.15) is 5.10 Å². The third-order valence-corrected chi connectivity index (χ3v) is 4.83. The van der Waals surface area contributed by atoms with Gasteiger partial charge < -0.3 is 10.6 Å². The summed E-state index contributed by atoms with van der Waals surface area (Å²) in [5.74, 6) is 0.456. The Labute approximate surface area is 146 Å². The van der Waals surface area contributed by atoms with E-state index >= 15 is 0 Å². The molecular formula is C19H22N4O2. The first kappa shape index (κ1) is 15.9. The van der Waals surface area contributed by atoms with Crippen LogP contribution in [0.4, 0.5) is 5.82 Å². The number of carbonyl (C=O) groups excluding carboxylic acids is 2. The molecule has 130 valence electrons. The highest BCUT2D eigenvalue weighted by molar-refractivity contribution is 5.97. The Morgan fingerprint density at radius 2 is 1.76 bits per heavy atom. The second-order valence-corrected chi connectivity index (χ2v) is 6.88. The quantitative estimate of drug-likeness (QED) is 0.880. The zero-order chi connectivity index (χ0) is 17.2. The van der Waals surface area contributed by atoms with Gasteiger partial charge in [0, 0.05) is 18.0 Å². The maximum atomic E-state index is 12.5. The fourth-order valence-electron chi connectivity index (χ4n) is 3.25. The predicted octanol–water partition coefficient (Wildman–Crippen LogP) is 2.89. The van der Waals surface area contributed by atoms with Crippen LogP contribution in [0.25, 0.3) is 5.69 Å². The molecule has 1 aromatic carbocycles. The molecule has 4 rings (SSSR count). The smallest absolute Gasteiger partial charge is 0.272 e. The Hall–Kier alpha value is -2.63. The number of nitrogens with zero attached hydrogens (tertiary/aromatic N) is 2. The molecule has 2 N–H and O–H groups in total. The molecule has 2 fully saturated rings. The predicted molar refractivity (Wildman–Crippen MR) is 94.6 cm³/mol. The molecule has 2 aliphatic carbocycles. The van der Waals surface area contributed by atoms with Crippen molar-refractivity contribution in [2.45, 2.75) is 44.6 Å². The molecule has 0 aliphatic heterocycles. The van der Waals surface area contributed by atoms with E-state index in [1.165, 1.54) is 0 Å². The molecule has 2 aromatic rings. The average Bonchev–Trinajstić information content (AvgIpc) is 3.21. The van der Waals surface area contributed by atoms with Gasteiger partial charge in [-0.15, -0.1) is 0 Å². The monoisotopic (exact) mass is 338 g/mol. The van der Waals surface area contributed by atoms with E-state index in [2.05, 4.69) is 15.7 Å². The molecule has 2 amide bonds. The molecule has 2 saturated carbocycles. The summed E-state index contributed by atoms with van der Waals surface area (Å²) in [6.07, 6.45) is 6.23. The van der Waals surface area contributed by atoms with Gasteiger partial charge in [-0.05, 0) is 37.8 Å². The van der Waals surface area contributed by atoms with Crippen molar-refractivity contribution in [1.29, 1.82) is 0 Å². The minimum absolute atomic E-state index is 0.000155. The van der Waals surface area contributed by atoms with Gasteiger partial charge in [-0.1, -0.05) is 31.0 Å². The fourth-order valence-corrected chi connectivity index (χ4v) is 3.25. The van der Waals surface area contributed by atoms with Crippen LogP contribution in [0.1, 0.15) is 49.0 Å². The van der Waals surface area contributed by atoms with Crippen LogP contribution >= 0.6 is 0 Å². The molecule has 0 spiro atoms. The van der Waals surface area contributed by atoms with Crippen LogP contribution in [0.15, 0.2) is 36.4 Å². The van der Waals surface area contributed by atoms with Gasteiger partial charge in [0.05, 0.1) is 5.69 Å². The highest BCUT2D eigenvalue weighted by Crippen LogP contribution is 2.30. The SMILES string of the molecule is O=C(NC1CCCC1)c1cc(NC(=O)C2CC2)n(-c2ccccc2)n1. The van der Waals surface area contributed by atoms with Crippen LogP contribution in [-0.4, -0.2) is 27.6 Å². The Morgan fingerprint density at radius 1 is 1.04 bits per heavy atom. The molecular weight excluding hydrogens is 316 g/mol. The van der Waals surface area contributed by atoms with E-state index in [1.807, 2.05) is 30.3 Å². The van der Waals surface area contributed by atoms with Crippen LogP contribution in [0.2, 0.25) is 0 Å². The molecule has 2 aliphatic rings. The summed E-state index contributed by atoms with van der Waals surface area (Å²) in [6, 6.07) is 11.4. The number of amides is 2. The van der Waals surface area contributed by atoms with E-state index < -0.39 is 0 Å². The lowest BCUT2D eigenvalue weighted by Crippen LogP contribution is -2.32. The average molecular weight is 338 g/mol. The summed E-state index contributed by atoms with van der Waals surface area (Å²) in [6.45, 7) is 0. The summed E-state index contributed by atoms with van der Waals surface area (Å²) < 4.78 is 1.63.